The summed E-state index contributed by atoms with van der Waals surface area (Å²) >= 11 is 1.77. The predicted molar refractivity (Wildman–Crippen MR) is 76.9 cm³/mol. The van der Waals surface area contributed by atoms with Gasteiger partial charge in [-0.05, 0) is 49.3 Å². The number of carbonyl (C=O) groups excluding carboxylic acids is 1. The Morgan fingerprint density at radius 3 is 2.50 bits per heavy atom. The Morgan fingerprint density at radius 1 is 1.22 bits per heavy atom. The summed E-state index contributed by atoms with van der Waals surface area (Å²) in [5.74, 6) is 1.13. The average molecular weight is 263 g/mol. The van der Waals surface area contributed by atoms with Gasteiger partial charge in [0.15, 0.2) is 0 Å². The molecule has 0 amide bonds. The second-order valence-electron chi connectivity index (χ2n) is 4.96. The van der Waals surface area contributed by atoms with Crippen LogP contribution in [-0.4, -0.2) is 18.6 Å². The maximum atomic E-state index is 11.1. The average Bonchev–Trinajstić information content (AvgIpc) is 2.42. The van der Waals surface area contributed by atoms with Crippen LogP contribution in [0.25, 0.3) is 0 Å². The molecule has 18 heavy (non-hydrogen) atoms. The lowest BCUT2D eigenvalue weighted by Gasteiger charge is -2.21. The van der Waals surface area contributed by atoms with E-state index in [-0.39, 0.29) is 0 Å². The van der Waals surface area contributed by atoms with Gasteiger partial charge in [-0.3, -0.25) is 4.79 Å². The first kappa shape index (κ1) is 13.6. The second-order valence-corrected chi connectivity index (χ2v) is 5.84. The Kier molecular flexibility index (Phi) is 5.26. The molecule has 2 nitrogen and oxygen atoms in total. The van der Waals surface area contributed by atoms with Crippen LogP contribution in [0, 0.1) is 5.92 Å². The van der Waals surface area contributed by atoms with E-state index < -0.39 is 0 Å². The number of Topliss-reactive ketones (excluding diaryl/α,β-unsaturated/α-hetero) is 1. The van der Waals surface area contributed by atoms with Gasteiger partial charge in [-0.1, -0.05) is 12.1 Å². The molecule has 0 saturated heterocycles. The summed E-state index contributed by atoms with van der Waals surface area (Å²) in [4.78, 5) is 12.5. The van der Waals surface area contributed by atoms with Gasteiger partial charge in [-0.2, -0.15) is 0 Å². The lowest BCUT2D eigenvalue weighted by molar-refractivity contribution is -0.120. The van der Waals surface area contributed by atoms with Crippen molar-refractivity contribution in [3.8, 4) is 0 Å². The van der Waals surface area contributed by atoms with Gasteiger partial charge >= 0.3 is 0 Å². The topological polar surface area (TPSA) is 29.1 Å². The Morgan fingerprint density at radius 2 is 1.89 bits per heavy atom. The highest BCUT2D eigenvalue weighted by atomic mass is 32.2. The summed E-state index contributed by atoms with van der Waals surface area (Å²) in [6.45, 7) is 1.97. The van der Waals surface area contributed by atoms with Crippen molar-refractivity contribution in [2.24, 2.45) is 5.92 Å². The highest BCUT2D eigenvalue weighted by molar-refractivity contribution is 7.98. The number of nitrogens with one attached hydrogen (secondary N) is 1. The van der Waals surface area contributed by atoms with E-state index in [2.05, 4.69) is 35.8 Å². The summed E-state index contributed by atoms with van der Waals surface area (Å²) in [7, 11) is 0. The van der Waals surface area contributed by atoms with Crippen LogP contribution in [0.1, 0.15) is 31.2 Å². The number of rotatable bonds is 5. The predicted octanol–water partition coefficient (Wildman–Crippen LogP) is 3.26. The first-order valence-corrected chi connectivity index (χ1v) is 7.86. The molecule has 0 atom stereocenters. The quantitative estimate of drug-likeness (QED) is 0.827. The van der Waals surface area contributed by atoms with E-state index in [1.54, 1.807) is 11.8 Å². The maximum absolute atomic E-state index is 11.1. The number of thioether (sulfide) groups is 1. The number of ketones is 1. The SMILES string of the molecule is CSc1ccc(CNCC2CCC(=O)CC2)cc1. The standard InChI is InChI=1S/C15H21NOS/c1-18-15-8-4-13(5-9-15)11-16-10-12-2-6-14(17)7-3-12/h4-5,8-9,12,16H,2-3,6-7,10-11H2,1H3. The molecule has 1 N–H and O–H groups in total. The van der Waals surface area contributed by atoms with Crippen molar-refractivity contribution in [2.75, 3.05) is 12.8 Å². The number of carbonyl (C=O) groups is 1. The molecule has 1 aromatic carbocycles. The molecule has 2 rings (SSSR count). The molecular weight excluding hydrogens is 242 g/mol. The Balaban J connectivity index is 1.69. The molecule has 0 bridgehead atoms. The maximum Gasteiger partial charge on any atom is 0.132 e. The summed E-state index contributed by atoms with van der Waals surface area (Å²) in [5.41, 5.74) is 1.33. The molecule has 0 aliphatic heterocycles. The zero-order valence-electron chi connectivity index (χ0n) is 10.9. The largest absolute Gasteiger partial charge is 0.312 e. The molecule has 0 aromatic heterocycles. The summed E-state index contributed by atoms with van der Waals surface area (Å²) in [6.07, 6.45) is 5.80. The van der Waals surface area contributed by atoms with Gasteiger partial charge in [-0.15, -0.1) is 11.8 Å². The van der Waals surface area contributed by atoms with E-state index in [9.17, 15) is 4.79 Å². The third-order valence-electron chi connectivity index (χ3n) is 3.58. The van der Waals surface area contributed by atoms with Gasteiger partial charge in [0.1, 0.15) is 5.78 Å². The zero-order chi connectivity index (χ0) is 12.8. The van der Waals surface area contributed by atoms with Crippen molar-refractivity contribution < 1.29 is 4.79 Å². The molecule has 1 aliphatic carbocycles. The molecular formula is C15H21NOS. The molecule has 1 fully saturated rings. The second kappa shape index (κ2) is 6.95. The smallest absolute Gasteiger partial charge is 0.132 e. The molecule has 3 heteroatoms. The molecule has 1 aliphatic rings. The van der Waals surface area contributed by atoms with Crippen LogP contribution >= 0.6 is 11.8 Å². The molecule has 0 unspecified atom stereocenters. The minimum absolute atomic E-state index is 0.443. The summed E-state index contributed by atoms with van der Waals surface area (Å²) in [5, 5.41) is 3.51. The van der Waals surface area contributed by atoms with E-state index in [1.807, 2.05) is 0 Å². The van der Waals surface area contributed by atoms with Gasteiger partial charge in [0, 0.05) is 24.3 Å². The van der Waals surface area contributed by atoms with Crippen molar-refractivity contribution >= 4 is 17.5 Å². The van der Waals surface area contributed by atoms with Crippen LogP contribution in [-0.2, 0) is 11.3 Å². The van der Waals surface area contributed by atoms with Crippen LogP contribution in [0.5, 0.6) is 0 Å². The van der Waals surface area contributed by atoms with Gasteiger partial charge in [0.05, 0.1) is 0 Å². The fraction of sp³-hybridized carbons (Fsp3) is 0.533. The molecule has 1 saturated carbocycles. The fourth-order valence-corrected chi connectivity index (χ4v) is 2.78. The zero-order valence-corrected chi connectivity index (χ0v) is 11.8. The molecule has 98 valence electrons. The van der Waals surface area contributed by atoms with Crippen LogP contribution in [0.3, 0.4) is 0 Å². The van der Waals surface area contributed by atoms with E-state index in [0.717, 1.165) is 38.8 Å². The lowest BCUT2D eigenvalue weighted by Crippen LogP contribution is -2.26. The van der Waals surface area contributed by atoms with Gasteiger partial charge in [0.25, 0.3) is 0 Å². The highest BCUT2D eigenvalue weighted by Gasteiger charge is 2.17. The molecule has 1 aromatic rings. The Hall–Kier alpha value is -0.800. The highest BCUT2D eigenvalue weighted by Crippen LogP contribution is 2.20. The van der Waals surface area contributed by atoms with Crippen molar-refractivity contribution in [1.82, 2.24) is 5.32 Å². The molecule has 0 heterocycles. The number of hydrogen-bond acceptors (Lipinski definition) is 3. The van der Waals surface area contributed by atoms with Gasteiger partial charge < -0.3 is 5.32 Å². The van der Waals surface area contributed by atoms with Crippen LogP contribution < -0.4 is 5.32 Å². The van der Waals surface area contributed by atoms with E-state index in [4.69, 9.17) is 0 Å². The third kappa shape index (κ3) is 4.14. The minimum Gasteiger partial charge on any atom is -0.312 e. The van der Waals surface area contributed by atoms with Gasteiger partial charge in [0.2, 0.25) is 0 Å². The minimum atomic E-state index is 0.443. The van der Waals surface area contributed by atoms with Crippen LogP contribution in [0.15, 0.2) is 29.2 Å². The van der Waals surface area contributed by atoms with Crippen LogP contribution in [0.2, 0.25) is 0 Å². The van der Waals surface area contributed by atoms with Gasteiger partial charge in [-0.25, -0.2) is 0 Å². The summed E-state index contributed by atoms with van der Waals surface area (Å²) in [6, 6.07) is 8.70. The van der Waals surface area contributed by atoms with E-state index in [0.29, 0.717) is 11.7 Å². The van der Waals surface area contributed by atoms with Crippen molar-refractivity contribution in [3.05, 3.63) is 29.8 Å². The Bertz CT molecular complexity index is 378. The van der Waals surface area contributed by atoms with E-state index >= 15 is 0 Å². The van der Waals surface area contributed by atoms with Crippen molar-refractivity contribution in [2.45, 2.75) is 37.1 Å². The number of benzene rings is 1. The summed E-state index contributed by atoms with van der Waals surface area (Å²) < 4.78 is 0. The molecule has 0 spiro atoms. The van der Waals surface area contributed by atoms with Crippen molar-refractivity contribution in [1.29, 1.82) is 0 Å². The monoisotopic (exact) mass is 263 g/mol. The first-order chi connectivity index (χ1) is 8.78. The van der Waals surface area contributed by atoms with Crippen molar-refractivity contribution in [3.63, 3.8) is 0 Å². The fourth-order valence-electron chi connectivity index (χ4n) is 2.37. The normalized spacial score (nSPS) is 17.1. The molecule has 0 radical (unpaired) electrons. The van der Waals surface area contributed by atoms with Crippen LogP contribution in [0.4, 0.5) is 0 Å². The Labute approximate surface area is 114 Å². The lowest BCUT2D eigenvalue weighted by atomic mass is 9.88. The number of hydrogen-bond donors (Lipinski definition) is 1. The van der Waals surface area contributed by atoms with E-state index in [1.165, 1.54) is 10.5 Å². The first-order valence-electron chi connectivity index (χ1n) is 6.63. The third-order valence-corrected chi connectivity index (χ3v) is 4.33.